The number of ether oxygens (including phenoxy) is 2. The SMILES string of the molecule is O=C(NC1CCCCC1)c1n[nH]c2ccc(-c3cncc(CN4CCCCC4)c3)cc12.O=C(NCc1cccnc1)c1n[nH]c2ccc(-c3cncc(CN4CCCCC4)c3)cc12.O=C(Nc1ccc2c(c1)OCO2)c1n[nH]c2ccc(-c3cncc(CN4CCCCC4)c3)cc12.O=C(Nc1ccncc1)c1n[nH]c2ccc(-c3cncc(CN4CCCCC4)c3)cc12. The molecule has 0 spiro atoms. The second-order valence-corrected chi connectivity index (χ2v) is 34.1. The molecule has 5 aromatic carbocycles. The van der Waals surface area contributed by atoms with Gasteiger partial charge in [-0.05, 0) is 270 Å². The highest BCUT2D eigenvalue weighted by Crippen LogP contribution is 2.37. The van der Waals surface area contributed by atoms with Crippen LogP contribution in [0.4, 0.5) is 11.4 Å². The first-order valence-electron chi connectivity index (χ1n) is 45.0. The van der Waals surface area contributed by atoms with Crippen LogP contribution in [-0.4, -0.2) is 179 Å². The molecule has 5 aliphatic heterocycles. The predicted octanol–water partition coefficient (Wildman–Crippen LogP) is 17.5. The van der Waals surface area contributed by atoms with Gasteiger partial charge in [-0.15, -0.1) is 0 Å². The maximum absolute atomic E-state index is 13.0. The van der Waals surface area contributed by atoms with Crippen LogP contribution >= 0.6 is 0 Å². The molecular weight excluding hydrogens is 1610 g/mol. The van der Waals surface area contributed by atoms with E-state index in [1.165, 1.54) is 132 Å². The molecule has 5 fully saturated rings. The predicted molar refractivity (Wildman–Crippen MR) is 496 cm³/mol. The molecule has 1 saturated carbocycles. The van der Waals surface area contributed by atoms with E-state index in [4.69, 9.17) is 9.47 Å². The zero-order valence-electron chi connectivity index (χ0n) is 71.9. The molecule has 28 nitrogen and oxygen atoms in total. The molecule has 0 unspecified atom stereocenters. The number of hydrogen-bond acceptors (Lipinski definition) is 20. The number of fused-ring (bicyclic) bond motifs is 5. The van der Waals surface area contributed by atoms with E-state index < -0.39 is 0 Å². The van der Waals surface area contributed by atoms with Gasteiger partial charge in [0.25, 0.3) is 23.6 Å². The minimum atomic E-state index is -0.292. The average Bonchev–Trinajstić information content (AvgIpc) is 1.67. The number of likely N-dealkylation sites (tertiary alicyclic amines) is 4. The van der Waals surface area contributed by atoms with Crippen molar-refractivity contribution in [1.82, 2.24) is 101 Å². The zero-order chi connectivity index (χ0) is 86.8. The van der Waals surface area contributed by atoms with E-state index in [1.54, 1.807) is 55.1 Å². The number of aromatic amines is 4. The standard InChI is InChI=1S/C26H25N5O3.C25H26N6O.C25H31N5O.C24H24N6O/c32-26(28-20-5-7-23-24(12-20)34-16-33-23)25-21-11-18(4-6-22(21)29-30-25)19-10-17(13-27-14-19)15-31-8-2-1-3-9-31;32-25(28-15-18-5-4-8-26-13-18)24-22-12-20(6-7-23(22)29-30-24)21-11-19(14-27-16-21)17-31-9-2-1-3-10-31;31-25(27-21-7-3-1-4-8-21)24-22-14-19(9-10-23(22)28-29-24)20-13-18(15-26-16-20)17-30-11-5-2-6-12-30;31-24(27-20-6-8-25-9-7-20)23-21-13-18(4-5-22(21)28-29-23)19-12-17(14-26-15-19)16-30-10-2-1-3-11-30/h4-7,10-14H,1-3,8-9,15-16H2,(H,28,32)(H,29,30);4-8,11-14,16H,1-3,9-10,15,17H2,(H,28,32)(H,29,30);9-10,13-16,21H,1-8,11-12,17H2,(H,27,31)(H,28,29);4-9,12-15H,1-3,10-11,16H2,(H,28,29)(H,25,27,31). The molecule has 652 valence electrons. The van der Waals surface area contributed by atoms with Gasteiger partial charge in [0, 0.05) is 174 Å². The molecule has 4 saturated heterocycles. The number of carbonyl (C=O) groups excluding carboxylic acids is 4. The van der Waals surface area contributed by atoms with E-state index in [0.717, 1.165) is 172 Å². The summed E-state index contributed by atoms with van der Waals surface area (Å²) in [7, 11) is 0. The Hall–Kier alpha value is -13.8. The molecule has 128 heavy (non-hydrogen) atoms. The van der Waals surface area contributed by atoms with Gasteiger partial charge in [0.15, 0.2) is 34.3 Å². The van der Waals surface area contributed by atoms with Crippen molar-refractivity contribution in [3.63, 3.8) is 0 Å². The number of piperidine rings is 4. The van der Waals surface area contributed by atoms with Crippen molar-refractivity contribution in [2.45, 2.75) is 148 Å². The van der Waals surface area contributed by atoms with Gasteiger partial charge < -0.3 is 30.7 Å². The average molecular weight is 1710 g/mol. The highest BCUT2D eigenvalue weighted by atomic mass is 16.7. The van der Waals surface area contributed by atoms with Crippen molar-refractivity contribution in [1.29, 1.82) is 0 Å². The number of aromatic nitrogens is 14. The molecule has 1 aliphatic carbocycles. The third-order valence-corrected chi connectivity index (χ3v) is 24.7. The Bertz CT molecular complexity index is 6340. The molecule has 0 radical (unpaired) electrons. The number of amides is 4. The second-order valence-electron chi connectivity index (χ2n) is 34.1. The van der Waals surface area contributed by atoms with Crippen LogP contribution in [0, 0.1) is 0 Å². The van der Waals surface area contributed by atoms with Gasteiger partial charge in [0.1, 0.15) is 0 Å². The summed E-state index contributed by atoms with van der Waals surface area (Å²) < 4.78 is 10.7. The molecule has 10 aromatic heterocycles. The van der Waals surface area contributed by atoms with Crippen LogP contribution < -0.4 is 30.7 Å². The summed E-state index contributed by atoms with van der Waals surface area (Å²) in [5.74, 6) is 0.445. The van der Waals surface area contributed by atoms with Gasteiger partial charge in [-0.2, -0.15) is 20.4 Å². The van der Waals surface area contributed by atoms with Crippen LogP contribution in [0.5, 0.6) is 11.5 Å². The Morgan fingerprint density at radius 2 is 0.688 bits per heavy atom. The number of pyridine rings is 6. The van der Waals surface area contributed by atoms with E-state index in [-0.39, 0.29) is 36.5 Å². The van der Waals surface area contributed by atoms with Crippen molar-refractivity contribution >= 4 is 78.6 Å². The lowest BCUT2D eigenvalue weighted by molar-refractivity contribution is 0.0921. The highest BCUT2D eigenvalue weighted by molar-refractivity contribution is 6.13. The van der Waals surface area contributed by atoms with Crippen LogP contribution in [0.2, 0.25) is 0 Å². The molecule has 15 aromatic rings. The fraction of sp³-hybridized carbons (Fsp3) is 0.320. The maximum Gasteiger partial charge on any atom is 0.276 e. The van der Waals surface area contributed by atoms with Crippen LogP contribution in [0.3, 0.4) is 0 Å². The quantitative estimate of drug-likeness (QED) is 0.0331. The number of hydrogen-bond donors (Lipinski definition) is 8. The Labute approximate surface area is 742 Å². The summed E-state index contributed by atoms with van der Waals surface area (Å²) in [6, 6.07) is 45.8. The summed E-state index contributed by atoms with van der Waals surface area (Å²) in [4.78, 5) is 87.5. The summed E-state index contributed by atoms with van der Waals surface area (Å²) in [5, 5.41) is 44.1. The Morgan fingerprint density at radius 3 is 1.09 bits per heavy atom. The first-order chi connectivity index (χ1) is 63.0. The van der Waals surface area contributed by atoms with Gasteiger partial charge in [-0.3, -0.25) is 89.1 Å². The molecule has 0 atom stereocenters. The third kappa shape index (κ3) is 21.5. The lowest BCUT2D eigenvalue weighted by Crippen LogP contribution is -2.36. The highest BCUT2D eigenvalue weighted by Gasteiger charge is 2.26. The second kappa shape index (κ2) is 41.1. The zero-order valence-corrected chi connectivity index (χ0v) is 71.9. The number of H-pyrrole nitrogens is 4. The molecule has 21 rings (SSSR count). The summed E-state index contributed by atoms with van der Waals surface area (Å²) >= 11 is 0. The van der Waals surface area contributed by atoms with Gasteiger partial charge in [-0.25, -0.2) is 0 Å². The molecule has 4 amide bonds. The van der Waals surface area contributed by atoms with E-state index in [0.29, 0.717) is 52.2 Å². The van der Waals surface area contributed by atoms with E-state index >= 15 is 0 Å². The van der Waals surface area contributed by atoms with Gasteiger partial charge >= 0.3 is 0 Å². The third-order valence-electron chi connectivity index (χ3n) is 24.7. The fourth-order valence-corrected chi connectivity index (χ4v) is 18.0. The molecule has 0 bridgehead atoms. The topological polar surface area (TPSA) is 340 Å². The first kappa shape index (κ1) is 85.0. The Kier molecular flexibility index (Phi) is 27.3. The summed E-state index contributed by atoms with van der Waals surface area (Å²) in [6.45, 7) is 13.6. The maximum atomic E-state index is 13.0. The Morgan fingerprint density at radius 1 is 0.320 bits per heavy atom. The molecule has 6 aliphatic rings. The minimum absolute atomic E-state index is 0.0766. The number of benzene rings is 5. The number of anilines is 2. The largest absolute Gasteiger partial charge is 0.454 e. The molecule has 8 N–H and O–H groups in total. The van der Waals surface area contributed by atoms with Crippen molar-refractivity contribution < 1.29 is 28.7 Å². The van der Waals surface area contributed by atoms with E-state index in [2.05, 4.69) is 148 Å². The van der Waals surface area contributed by atoms with Crippen molar-refractivity contribution in [3.05, 3.63) is 264 Å². The van der Waals surface area contributed by atoms with Crippen molar-refractivity contribution in [2.75, 3.05) is 69.8 Å². The normalized spacial score (nSPS) is 15.7. The van der Waals surface area contributed by atoms with Gasteiger partial charge in [0.05, 0.1) is 22.1 Å². The van der Waals surface area contributed by atoms with E-state index in [9.17, 15) is 19.2 Å². The number of rotatable bonds is 21. The monoisotopic (exact) mass is 1710 g/mol. The molecule has 28 heteroatoms. The fourth-order valence-electron chi connectivity index (χ4n) is 18.0. The van der Waals surface area contributed by atoms with Crippen molar-refractivity contribution in [3.8, 4) is 56.0 Å². The summed E-state index contributed by atoms with van der Waals surface area (Å²) in [6.07, 6.45) is 43.4. The Balaban J connectivity index is 0.000000115. The van der Waals surface area contributed by atoms with Crippen LogP contribution in [0.15, 0.2) is 214 Å². The number of nitrogens with one attached hydrogen (secondary N) is 8. The van der Waals surface area contributed by atoms with E-state index in [1.807, 2.05) is 122 Å². The number of carbonyl (C=O) groups is 4. The number of nitrogens with zero attached hydrogens (tertiary/aromatic N) is 14. The lowest BCUT2D eigenvalue weighted by Gasteiger charge is -2.26. The van der Waals surface area contributed by atoms with Crippen molar-refractivity contribution in [2.24, 2.45) is 0 Å². The summed E-state index contributed by atoms with van der Waals surface area (Å²) in [5.41, 5.74) is 20.3. The van der Waals surface area contributed by atoms with Crippen LogP contribution in [-0.2, 0) is 32.7 Å². The molecule has 15 heterocycles. The smallest absolute Gasteiger partial charge is 0.276 e. The lowest BCUT2D eigenvalue weighted by atomic mass is 9.95. The first-order valence-corrected chi connectivity index (χ1v) is 45.0. The molecular formula is C100H106N22O6. The van der Waals surface area contributed by atoms with Crippen LogP contribution in [0.1, 0.15) is 179 Å². The van der Waals surface area contributed by atoms with Crippen LogP contribution in [0.25, 0.3) is 88.1 Å². The minimum Gasteiger partial charge on any atom is -0.454 e. The van der Waals surface area contributed by atoms with Gasteiger partial charge in [-0.1, -0.05) is 75.3 Å². The van der Waals surface area contributed by atoms with Gasteiger partial charge in [0.2, 0.25) is 6.79 Å².